The van der Waals surface area contributed by atoms with Crippen LogP contribution in [-0.4, -0.2) is 49.1 Å². The second-order valence-corrected chi connectivity index (χ2v) is 6.30. The average Bonchev–Trinajstić information content (AvgIpc) is 2.53. The standard InChI is InChI=1S/C17H25N3O3/c1-12(2)9-19-17(22)14-5-3-4-13(8-14)10-20-6-7-23-15(11-20)16(18)21/h3-5,8,12,15H,6-7,9-11H2,1-2H3,(H2,18,21)(H,19,22)/t15-/m1/s1. The first-order valence-electron chi connectivity index (χ1n) is 7.96. The fourth-order valence-corrected chi connectivity index (χ4v) is 2.49. The van der Waals surface area contributed by atoms with Crippen molar-refractivity contribution in [2.75, 3.05) is 26.2 Å². The van der Waals surface area contributed by atoms with Gasteiger partial charge in [0.2, 0.25) is 5.91 Å². The first-order valence-corrected chi connectivity index (χ1v) is 7.96. The van der Waals surface area contributed by atoms with Crippen LogP contribution in [0.1, 0.15) is 29.8 Å². The number of hydrogen-bond donors (Lipinski definition) is 2. The van der Waals surface area contributed by atoms with Crippen molar-refractivity contribution in [1.82, 2.24) is 10.2 Å². The second-order valence-electron chi connectivity index (χ2n) is 6.30. The summed E-state index contributed by atoms with van der Waals surface area (Å²) in [5, 5.41) is 2.92. The third kappa shape index (κ3) is 5.33. The number of primary amides is 1. The van der Waals surface area contributed by atoms with Crippen LogP contribution in [-0.2, 0) is 16.1 Å². The number of carbonyl (C=O) groups excluding carboxylic acids is 2. The molecule has 0 radical (unpaired) electrons. The molecule has 2 amide bonds. The van der Waals surface area contributed by atoms with Crippen LogP contribution in [0, 0.1) is 5.92 Å². The zero-order valence-electron chi connectivity index (χ0n) is 13.7. The molecule has 1 heterocycles. The minimum atomic E-state index is -0.554. The number of hydrogen-bond acceptors (Lipinski definition) is 4. The van der Waals surface area contributed by atoms with Gasteiger partial charge in [-0.05, 0) is 23.6 Å². The maximum atomic E-state index is 12.1. The molecule has 1 aliphatic rings. The highest BCUT2D eigenvalue weighted by Gasteiger charge is 2.24. The molecule has 1 fully saturated rings. The molecule has 6 nitrogen and oxygen atoms in total. The molecule has 0 aromatic heterocycles. The normalized spacial score (nSPS) is 18.8. The monoisotopic (exact) mass is 319 g/mol. The van der Waals surface area contributed by atoms with Crippen molar-refractivity contribution in [2.45, 2.75) is 26.5 Å². The Labute approximate surface area is 137 Å². The van der Waals surface area contributed by atoms with E-state index in [1.807, 2.05) is 24.3 Å². The second kappa shape index (κ2) is 8.08. The molecule has 0 unspecified atom stereocenters. The van der Waals surface area contributed by atoms with Crippen molar-refractivity contribution >= 4 is 11.8 Å². The van der Waals surface area contributed by atoms with E-state index in [1.165, 1.54) is 0 Å². The van der Waals surface area contributed by atoms with Gasteiger partial charge in [-0.25, -0.2) is 0 Å². The van der Waals surface area contributed by atoms with Gasteiger partial charge in [0.05, 0.1) is 6.61 Å². The molecule has 0 aliphatic carbocycles. The third-order valence-corrected chi connectivity index (χ3v) is 3.73. The highest BCUT2D eigenvalue weighted by atomic mass is 16.5. The molecule has 126 valence electrons. The lowest BCUT2D eigenvalue weighted by atomic mass is 10.1. The van der Waals surface area contributed by atoms with Crippen LogP contribution in [0.15, 0.2) is 24.3 Å². The SMILES string of the molecule is CC(C)CNC(=O)c1cccc(CN2CCO[C@@H](C(N)=O)C2)c1. The van der Waals surface area contributed by atoms with Crippen molar-refractivity contribution in [3.05, 3.63) is 35.4 Å². The number of nitrogens with zero attached hydrogens (tertiary/aromatic N) is 1. The molecule has 3 N–H and O–H groups in total. The maximum absolute atomic E-state index is 12.1. The summed E-state index contributed by atoms with van der Waals surface area (Å²) >= 11 is 0. The van der Waals surface area contributed by atoms with Gasteiger partial charge >= 0.3 is 0 Å². The molecule has 2 rings (SSSR count). The molecule has 1 aliphatic heterocycles. The van der Waals surface area contributed by atoms with Crippen LogP contribution >= 0.6 is 0 Å². The number of nitrogens with one attached hydrogen (secondary N) is 1. The summed E-state index contributed by atoms with van der Waals surface area (Å²) in [4.78, 5) is 25.5. The summed E-state index contributed by atoms with van der Waals surface area (Å²) < 4.78 is 5.34. The van der Waals surface area contributed by atoms with Crippen LogP contribution in [0.5, 0.6) is 0 Å². The van der Waals surface area contributed by atoms with Crippen LogP contribution in [0.2, 0.25) is 0 Å². The molecule has 0 spiro atoms. The third-order valence-electron chi connectivity index (χ3n) is 3.73. The van der Waals surface area contributed by atoms with E-state index in [-0.39, 0.29) is 5.91 Å². The van der Waals surface area contributed by atoms with Crippen molar-refractivity contribution < 1.29 is 14.3 Å². The topological polar surface area (TPSA) is 84.7 Å². The molecular formula is C17H25N3O3. The summed E-state index contributed by atoms with van der Waals surface area (Å²) in [5.74, 6) is -0.0738. The highest BCUT2D eigenvalue weighted by molar-refractivity contribution is 5.94. The van der Waals surface area contributed by atoms with Crippen LogP contribution in [0.25, 0.3) is 0 Å². The van der Waals surface area contributed by atoms with Gasteiger partial charge in [-0.1, -0.05) is 26.0 Å². The minimum absolute atomic E-state index is 0.0578. The van der Waals surface area contributed by atoms with Gasteiger partial charge in [-0.15, -0.1) is 0 Å². The number of morpholine rings is 1. The largest absolute Gasteiger partial charge is 0.367 e. The minimum Gasteiger partial charge on any atom is -0.367 e. The number of benzene rings is 1. The fraction of sp³-hybridized carbons (Fsp3) is 0.529. The molecule has 1 aromatic carbocycles. The zero-order chi connectivity index (χ0) is 16.8. The Morgan fingerprint density at radius 1 is 1.43 bits per heavy atom. The quantitative estimate of drug-likeness (QED) is 0.811. The van der Waals surface area contributed by atoms with Crippen LogP contribution < -0.4 is 11.1 Å². The maximum Gasteiger partial charge on any atom is 0.251 e. The van der Waals surface area contributed by atoms with E-state index in [0.29, 0.717) is 37.7 Å². The predicted molar refractivity (Wildman–Crippen MR) is 87.8 cm³/mol. The van der Waals surface area contributed by atoms with Gasteiger partial charge in [0.25, 0.3) is 5.91 Å². The van der Waals surface area contributed by atoms with Gasteiger partial charge in [0, 0.05) is 31.7 Å². The first-order chi connectivity index (χ1) is 11.0. The highest BCUT2D eigenvalue weighted by Crippen LogP contribution is 2.12. The Bertz CT molecular complexity index is 560. The number of nitrogens with two attached hydrogens (primary N) is 1. The number of ether oxygens (including phenoxy) is 1. The molecule has 1 atom stereocenters. The Morgan fingerprint density at radius 2 is 2.22 bits per heavy atom. The summed E-state index contributed by atoms with van der Waals surface area (Å²) in [6.07, 6.45) is -0.554. The fourth-order valence-electron chi connectivity index (χ4n) is 2.49. The van der Waals surface area contributed by atoms with Gasteiger partial charge in [0.1, 0.15) is 6.10 Å². The molecule has 23 heavy (non-hydrogen) atoms. The first kappa shape index (κ1) is 17.4. The molecule has 0 bridgehead atoms. The molecule has 1 aromatic rings. The zero-order valence-corrected chi connectivity index (χ0v) is 13.7. The smallest absolute Gasteiger partial charge is 0.251 e. The predicted octanol–water partition coefficient (Wildman–Crippen LogP) is 0.759. The summed E-state index contributed by atoms with van der Waals surface area (Å²) in [7, 11) is 0. The summed E-state index contributed by atoms with van der Waals surface area (Å²) in [6.45, 7) is 7.16. The molecular weight excluding hydrogens is 294 g/mol. The number of amides is 2. The Hall–Kier alpha value is -1.92. The van der Waals surface area contributed by atoms with Crippen molar-refractivity contribution in [2.24, 2.45) is 11.7 Å². The van der Waals surface area contributed by atoms with Crippen molar-refractivity contribution in [1.29, 1.82) is 0 Å². The lowest BCUT2D eigenvalue weighted by Crippen LogP contribution is -2.47. The van der Waals surface area contributed by atoms with E-state index in [2.05, 4.69) is 24.1 Å². The van der Waals surface area contributed by atoms with Crippen molar-refractivity contribution in [3.63, 3.8) is 0 Å². The van der Waals surface area contributed by atoms with E-state index in [0.717, 1.165) is 12.1 Å². The molecule has 0 saturated carbocycles. The Balaban J connectivity index is 1.97. The van der Waals surface area contributed by atoms with Crippen LogP contribution in [0.3, 0.4) is 0 Å². The van der Waals surface area contributed by atoms with E-state index < -0.39 is 12.0 Å². The van der Waals surface area contributed by atoms with Gasteiger partial charge in [-0.3, -0.25) is 14.5 Å². The van der Waals surface area contributed by atoms with Gasteiger partial charge < -0.3 is 15.8 Å². The average molecular weight is 319 g/mol. The van der Waals surface area contributed by atoms with Gasteiger partial charge in [0.15, 0.2) is 0 Å². The van der Waals surface area contributed by atoms with E-state index in [4.69, 9.17) is 10.5 Å². The number of carbonyl (C=O) groups is 2. The van der Waals surface area contributed by atoms with Gasteiger partial charge in [-0.2, -0.15) is 0 Å². The Morgan fingerprint density at radius 3 is 2.91 bits per heavy atom. The van der Waals surface area contributed by atoms with E-state index in [9.17, 15) is 9.59 Å². The lowest BCUT2D eigenvalue weighted by Gasteiger charge is -2.31. The number of rotatable bonds is 6. The molecule has 1 saturated heterocycles. The van der Waals surface area contributed by atoms with Crippen molar-refractivity contribution in [3.8, 4) is 0 Å². The Kier molecular flexibility index (Phi) is 6.12. The van der Waals surface area contributed by atoms with E-state index in [1.54, 1.807) is 0 Å². The summed E-state index contributed by atoms with van der Waals surface area (Å²) in [6, 6.07) is 7.56. The molecule has 6 heteroatoms. The van der Waals surface area contributed by atoms with Crippen LogP contribution in [0.4, 0.5) is 0 Å². The van der Waals surface area contributed by atoms with E-state index >= 15 is 0 Å². The summed E-state index contributed by atoms with van der Waals surface area (Å²) in [5.41, 5.74) is 6.99. The lowest BCUT2D eigenvalue weighted by molar-refractivity contribution is -0.135.